The van der Waals surface area contributed by atoms with Crippen LogP contribution in [0.4, 0.5) is 11.4 Å². The molecule has 6 heteroatoms. The van der Waals surface area contributed by atoms with E-state index in [1.807, 2.05) is 91.5 Å². The number of carbonyl (C=O) groups is 1. The molecule has 0 N–H and O–H groups in total. The van der Waals surface area contributed by atoms with Crippen LogP contribution in [0.25, 0.3) is 0 Å². The van der Waals surface area contributed by atoms with Crippen LogP contribution in [0, 0.1) is 0 Å². The highest BCUT2D eigenvalue weighted by molar-refractivity contribution is 6.30. The number of fused-ring (bicyclic) bond motifs is 1. The molecular formula is C28H31ClN2O3. The number of rotatable bonds is 7. The molecule has 0 bridgehead atoms. The van der Waals surface area contributed by atoms with Crippen LogP contribution in [-0.2, 0) is 11.2 Å². The van der Waals surface area contributed by atoms with Crippen molar-refractivity contribution in [2.75, 3.05) is 31.0 Å². The Labute approximate surface area is 206 Å². The molecule has 1 heterocycles. The van der Waals surface area contributed by atoms with Crippen molar-refractivity contribution in [1.82, 2.24) is 0 Å². The Hall–Kier alpha value is -3.18. The van der Waals surface area contributed by atoms with E-state index < -0.39 is 0 Å². The summed E-state index contributed by atoms with van der Waals surface area (Å²) in [6.45, 7) is 4.13. The lowest BCUT2D eigenvalue weighted by Crippen LogP contribution is -2.41. The quantitative estimate of drug-likeness (QED) is 0.401. The van der Waals surface area contributed by atoms with Crippen molar-refractivity contribution in [2.24, 2.45) is 0 Å². The van der Waals surface area contributed by atoms with Crippen molar-refractivity contribution < 1.29 is 14.3 Å². The Morgan fingerprint density at radius 3 is 2.32 bits per heavy atom. The van der Waals surface area contributed by atoms with Crippen LogP contribution >= 0.6 is 11.6 Å². The summed E-state index contributed by atoms with van der Waals surface area (Å²) in [6.07, 6.45) is 1.21. The number of hydrogen-bond acceptors (Lipinski definition) is 4. The van der Waals surface area contributed by atoms with Gasteiger partial charge >= 0.3 is 0 Å². The summed E-state index contributed by atoms with van der Waals surface area (Å²) in [6, 6.07) is 19.4. The molecule has 178 valence electrons. The van der Waals surface area contributed by atoms with Crippen molar-refractivity contribution in [3.63, 3.8) is 0 Å². The van der Waals surface area contributed by atoms with Crippen LogP contribution in [0.5, 0.6) is 11.5 Å². The van der Waals surface area contributed by atoms with E-state index in [0.29, 0.717) is 16.5 Å². The molecule has 3 aromatic carbocycles. The van der Waals surface area contributed by atoms with E-state index in [2.05, 4.69) is 6.92 Å². The fourth-order valence-corrected chi connectivity index (χ4v) is 4.41. The van der Waals surface area contributed by atoms with Crippen LogP contribution in [0.1, 0.15) is 43.0 Å². The third kappa shape index (κ3) is 4.71. The zero-order valence-corrected chi connectivity index (χ0v) is 21.1. The Bertz CT molecular complexity index is 1160. The molecule has 1 aliphatic heterocycles. The Morgan fingerprint density at radius 2 is 1.74 bits per heavy atom. The first kappa shape index (κ1) is 24.0. The molecule has 0 spiro atoms. The predicted molar refractivity (Wildman–Crippen MR) is 139 cm³/mol. The molecule has 0 saturated heterocycles. The number of anilines is 2. The Morgan fingerprint density at radius 1 is 1.06 bits per heavy atom. The van der Waals surface area contributed by atoms with E-state index in [4.69, 9.17) is 21.1 Å². The lowest BCUT2D eigenvalue weighted by atomic mass is 9.86. The summed E-state index contributed by atoms with van der Waals surface area (Å²) in [5.74, 6) is 1.36. The third-order valence-electron chi connectivity index (χ3n) is 6.32. The predicted octanol–water partition coefficient (Wildman–Crippen LogP) is 6.27. The molecular weight excluding hydrogens is 448 g/mol. The number of hydrogen-bond donors (Lipinski definition) is 0. The normalized spacial score (nSPS) is 16.1. The van der Waals surface area contributed by atoms with Gasteiger partial charge in [0, 0.05) is 30.5 Å². The van der Waals surface area contributed by atoms with Crippen molar-refractivity contribution >= 4 is 28.9 Å². The summed E-state index contributed by atoms with van der Waals surface area (Å²) in [4.78, 5) is 17.5. The highest BCUT2D eigenvalue weighted by Gasteiger charge is 2.36. The molecule has 1 amide bonds. The maximum Gasteiger partial charge on any atom is 0.232 e. The monoisotopic (exact) mass is 478 g/mol. The number of methoxy groups -OCH3 is 1. The van der Waals surface area contributed by atoms with Gasteiger partial charge in [-0.15, -0.1) is 0 Å². The summed E-state index contributed by atoms with van der Waals surface area (Å²) in [5, 5.41) is 0.656. The molecule has 0 aliphatic carbocycles. The van der Waals surface area contributed by atoms with Gasteiger partial charge in [-0.05, 0) is 78.6 Å². The van der Waals surface area contributed by atoms with Crippen molar-refractivity contribution in [3.05, 3.63) is 82.4 Å². The minimum absolute atomic E-state index is 0.0303. The molecule has 0 saturated carbocycles. The standard InChI is InChI=1S/C28H31ClN2O3/c1-6-18(2)34-26-17-24-20(15-25(26)33-5)16-27(32)31(23-13-11-22(12-14-23)30(3)4)28(24)19-7-9-21(29)10-8-19/h7-15,17-18,28H,6,16H2,1-5H3/t18-,28?/m1/s1. The fraction of sp³-hybridized carbons (Fsp3) is 0.321. The lowest BCUT2D eigenvalue weighted by Gasteiger charge is -2.38. The molecule has 4 rings (SSSR count). The molecule has 0 fully saturated rings. The van der Waals surface area contributed by atoms with Gasteiger partial charge in [-0.2, -0.15) is 0 Å². The molecule has 0 radical (unpaired) electrons. The smallest absolute Gasteiger partial charge is 0.232 e. The van der Waals surface area contributed by atoms with Gasteiger partial charge in [-0.3, -0.25) is 4.79 Å². The van der Waals surface area contributed by atoms with Crippen LogP contribution in [0.15, 0.2) is 60.7 Å². The second-order valence-electron chi connectivity index (χ2n) is 8.84. The van der Waals surface area contributed by atoms with Gasteiger partial charge in [0.05, 0.1) is 25.7 Å². The first-order valence-corrected chi connectivity index (χ1v) is 11.9. The number of ether oxygens (including phenoxy) is 2. The Kier molecular flexibility index (Phi) is 7.03. The van der Waals surface area contributed by atoms with Gasteiger partial charge in [0.25, 0.3) is 0 Å². The Balaban J connectivity index is 1.88. The summed E-state index contributed by atoms with van der Waals surface area (Å²) >= 11 is 6.20. The maximum absolute atomic E-state index is 13.6. The van der Waals surface area contributed by atoms with Crippen molar-refractivity contribution in [3.8, 4) is 11.5 Å². The molecule has 1 unspecified atom stereocenters. The van der Waals surface area contributed by atoms with Crippen molar-refractivity contribution in [2.45, 2.75) is 38.8 Å². The van der Waals surface area contributed by atoms with Crippen LogP contribution < -0.4 is 19.3 Å². The van der Waals surface area contributed by atoms with E-state index in [1.165, 1.54) is 0 Å². The maximum atomic E-state index is 13.6. The van der Waals surface area contributed by atoms with E-state index >= 15 is 0 Å². The van der Waals surface area contributed by atoms with Gasteiger partial charge in [0.2, 0.25) is 5.91 Å². The van der Waals surface area contributed by atoms with Gasteiger partial charge < -0.3 is 19.3 Å². The van der Waals surface area contributed by atoms with Crippen LogP contribution in [0.2, 0.25) is 5.02 Å². The molecule has 5 nitrogen and oxygen atoms in total. The number of halogens is 1. The molecule has 0 aromatic heterocycles. The number of amides is 1. The van der Waals surface area contributed by atoms with Gasteiger partial charge in [-0.25, -0.2) is 0 Å². The highest BCUT2D eigenvalue weighted by Crippen LogP contribution is 2.44. The first-order chi connectivity index (χ1) is 16.3. The van der Waals surface area contributed by atoms with E-state index in [-0.39, 0.29) is 24.5 Å². The SMILES string of the molecule is CC[C@@H](C)Oc1cc2c(cc1OC)CC(=O)N(c1ccc(N(C)C)cc1)C2c1ccc(Cl)cc1. The van der Waals surface area contributed by atoms with Gasteiger partial charge in [0.1, 0.15) is 0 Å². The van der Waals surface area contributed by atoms with Gasteiger partial charge in [0.15, 0.2) is 11.5 Å². The zero-order valence-electron chi connectivity index (χ0n) is 20.3. The average Bonchev–Trinajstić information content (AvgIpc) is 2.83. The zero-order chi connectivity index (χ0) is 24.4. The number of benzene rings is 3. The largest absolute Gasteiger partial charge is 0.493 e. The third-order valence-corrected chi connectivity index (χ3v) is 6.57. The highest BCUT2D eigenvalue weighted by atomic mass is 35.5. The minimum Gasteiger partial charge on any atom is -0.493 e. The van der Waals surface area contributed by atoms with E-state index in [0.717, 1.165) is 34.5 Å². The molecule has 2 atom stereocenters. The topological polar surface area (TPSA) is 42.0 Å². The van der Waals surface area contributed by atoms with Crippen molar-refractivity contribution in [1.29, 1.82) is 0 Å². The number of nitrogens with zero attached hydrogens (tertiary/aromatic N) is 2. The summed E-state index contributed by atoms with van der Waals surface area (Å²) in [5.41, 5.74) is 4.87. The minimum atomic E-state index is -0.316. The average molecular weight is 479 g/mol. The fourth-order valence-electron chi connectivity index (χ4n) is 4.29. The molecule has 1 aliphatic rings. The van der Waals surface area contributed by atoms with E-state index in [1.54, 1.807) is 7.11 Å². The van der Waals surface area contributed by atoms with Crippen LogP contribution in [-0.4, -0.2) is 33.2 Å². The molecule has 34 heavy (non-hydrogen) atoms. The first-order valence-electron chi connectivity index (χ1n) is 11.5. The summed E-state index contributed by atoms with van der Waals surface area (Å²) < 4.78 is 11.8. The summed E-state index contributed by atoms with van der Waals surface area (Å²) in [7, 11) is 5.63. The second kappa shape index (κ2) is 9.98. The second-order valence-corrected chi connectivity index (χ2v) is 9.28. The van der Waals surface area contributed by atoms with Crippen LogP contribution in [0.3, 0.4) is 0 Å². The van der Waals surface area contributed by atoms with Gasteiger partial charge in [-0.1, -0.05) is 30.7 Å². The molecule has 3 aromatic rings. The number of carbonyl (C=O) groups excluding carboxylic acids is 1. The lowest BCUT2D eigenvalue weighted by molar-refractivity contribution is -0.118. The van der Waals surface area contributed by atoms with E-state index in [9.17, 15) is 4.79 Å².